The molecule has 6 heteroatoms. The molecule has 1 heterocycles. The number of nitriles is 1. The number of amides is 1. The summed E-state index contributed by atoms with van der Waals surface area (Å²) in [6.45, 7) is 10.7. The quantitative estimate of drug-likeness (QED) is 0.330. The Balaban J connectivity index is 2.10. The molecule has 3 aromatic rings. The predicted molar refractivity (Wildman–Crippen MR) is 130 cm³/mol. The first-order valence-electron chi connectivity index (χ1n) is 10.3. The minimum atomic E-state index is -1.50. The molecule has 0 saturated carbocycles. The van der Waals surface area contributed by atoms with Crippen molar-refractivity contribution >= 4 is 32.0 Å². The molecule has 1 unspecified atom stereocenters. The van der Waals surface area contributed by atoms with Gasteiger partial charge in [0.05, 0.1) is 16.5 Å². The number of carbonyl (C=O) groups is 1. The van der Waals surface area contributed by atoms with E-state index in [0.717, 1.165) is 5.56 Å². The van der Waals surface area contributed by atoms with Crippen molar-refractivity contribution in [3.8, 4) is 6.07 Å². The van der Waals surface area contributed by atoms with Crippen molar-refractivity contribution < 1.29 is 9.22 Å². The van der Waals surface area contributed by atoms with Crippen molar-refractivity contribution in [3.05, 3.63) is 87.6 Å². The fourth-order valence-corrected chi connectivity index (χ4v) is 4.72. The zero-order chi connectivity index (χ0) is 22.6. The number of thiophene rings is 1. The molecule has 0 N–H and O–H groups in total. The molecule has 0 spiro atoms. The van der Waals surface area contributed by atoms with E-state index in [2.05, 4.69) is 64.2 Å². The molecule has 0 aliphatic carbocycles. The van der Waals surface area contributed by atoms with Gasteiger partial charge in [-0.1, -0.05) is 51.1 Å². The van der Waals surface area contributed by atoms with Crippen LogP contribution in [0, 0.1) is 11.3 Å². The first-order valence-corrected chi connectivity index (χ1v) is 14.0. The number of hydrogen-bond donors (Lipinski definition) is 0. The summed E-state index contributed by atoms with van der Waals surface area (Å²) in [5, 5.41) is 11.1. The van der Waals surface area contributed by atoms with Crippen LogP contribution in [0.4, 0.5) is 5.69 Å². The number of rotatable bonds is 6. The number of carbonyl (C=O) groups excluding carboxylic acids is 1. The standard InChI is InChI=1S/C25H28N2O2SSi/c1-25(2,3)20-12-10-19(11-13-20)24(29-31(4)5)27(23(28)22-7-6-16-30-22)21-14-8-18(17-26)9-15-21/h6-16,24,31H,1-5H3. The second kappa shape index (κ2) is 9.61. The average Bonchev–Trinajstić information content (AvgIpc) is 3.28. The summed E-state index contributed by atoms with van der Waals surface area (Å²) < 4.78 is 6.44. The van der Waals surface area contributed by atoms with Gasteiger partial charge in [-0.15, -0.1) is 11.3 Å². The molecule has 0 radical (unpaired) electrons. The van der Waals surface area contributed by atoms with Crippen LogP contribution in [-0.2, 0) is 9.84 Å². The monoisotopic (exact) mass is 448 g/mol. The highest BCUT2D eigenvalue weighted by Gasteiger charge is 2.30. The van der Waals surface area contributed by atoms with E-state index in [1.54, 1.807) is 17.0 Å². The fraction of sp³-hybridized carbons (Fsp3) is 0.280. The Morgan fingerprint density at radius 2 is 1.71 bits per heavy atom. The fourth-order valence-electron chi connectivity index (χ4n) is 3.27. The lowest BCUT2D eigenvalue weighted by molar-refractivity contribution is 0.0916. The van der Waals surface area contributed by atoms with Crippen LogP contribution < -0.4 is 4.90 Å². The van der Waals surface area contributed by atoms with Gasteiger partial charge in [0.2, 0.25) is 0 Å². The van der Waals surface area contributed by atoms with Gasteiger partial charge in [-0.2, -0.15) is 5.26 Å². The molecular weight excluding hydrogens is 420 g/mol. The van der Waals surface area contributed by atoms with E-state index in [-0.39, 0.29) is 11.3 Å². The number of hydrogen-bond acceptors (Lipinski definition) is 4. The summed E-state index contributed by atoms with van der Waals surface area (Å²) >= 11 is 1.41. The highest BCUT2D eigenvalue weighted by molar-refractivity contribution is 7.12. The second-order valence-electron chi connectivity index (χ2n) is 8.72. The summed E-state index contributed by atoms with van der Waals surface area (Å²) in [5.74, 6) is -0.112. The van der Waals surface area contributed by atoms with Crippen LogP contribution in [0.5, 0.6) is 0 Å². The molecule has 4 nitrogen and oxygen atoms in total. The largest absolute Gasteiger partial charge is 0.397 e. The van der Waals surface area contributed by atoms with Crippen LogP contribution in [0.3, 0.4) is 0 Å². The van der Waals surface area contributed by atoms with Crippen LogP contribution >= 0.6 is 11.3 Å². The summed E-state index contributed by atoms with van der Waals surface area (Å²) in [6, 6.07) is 21.3. The molecule has 0 saturated heterocycles. The molecule has 2 aromatic carbocycles. The Hall–Kier alpha value is -2.72. The van der Waals surface area contributed by atoms with Crippen molar-refractivity contribution in [2.75, 3.05) is 4.90 Å². The smallest absolute Gasteiger partial charge is 0.270 e. The predicted octanol–water partition coefficient (Wildman–Crippen LogP) is 6.26. The lowest BCUT2D eigenvalue weighted by Crippen LogP contribution is -2.38. The van der Waals surface area contributed by atoms with Crippen molar-refractivity contribution in [1.82, 2.24) is 0 Å². The Kier molecular flexibility index (Phi) is 7.11. The third kappa shape index (κ3) is 5.50. The van der Waals surface area contributed by atoms with E-state index in [9.17, 15) is 10.1 Å². The normalized spacial score (nSPS) is 12.4. The summed E-state index contributed by atoms with van der Waals surface area (Å²) in [7, 11) is -1.50. The zero-order valence-electron chi connectivity index (χ0n) is 18.6. The van der Waals surface area contributed by atoms with Gasteiger partial charge in [0.25, 0.3) is 5.91 Å². The van der Waals surface area contributed by atoms with Crippen molar-refractivity contribution in [2.24, 2.45) is 0 Å². The van der Waals surface area contributed by atoms with Gasteiger partial charge >= 0.3 is 0 Å². The number of anilines is 1. The van der Waals surface area contributed by atoms with Gasteiger partial charge in [-0.3, -0.25) is 9.69 Å². The van der Waals surface area contributed by atoms with Crippen molar-refractivity contribution in [3.63, 3.8) is 0 Å². The Bertz CT molecular complexity index is 1050. The second-order valence-corrected chi connectivity index (χ2v) is 12.0. The SMILES string of the molecule is C[SiH](C)OC(c1ccc(C(C)(C)C)cc1)N(C(=O)c1cccs1)c1ccc(C#N)cc1. The van der Waals surface area contributed by atoms with Crippen LogP contribution in [0.15, 0.2) is 66.0 Å². The van der Waals surface area contributed by atoms with Gasteiger partial charge in [0.1, 0.15) is 0 Å². The molecule has 0 aliphatic heterocycles. The molecular formula is C25H28N2O2SSi. The summed E-state index contributed by atoms with van der Waals surface area (Å²) in [6.07, 6.45) is -0.539. The van der Waals surface area contributed by atoms with Gasteiger partial charge < -0.3 is 4.43 Å². The molecule has 31 heavy (non-hydrogen) atoms. The summed E-state index contributed by atoms with van der Waals surface area (Å²) in [5.41, 5.74) is 3.46. The lowest BCUT2D eigenvalue weighted by atomic mass is 9.86. The van der Waals surface area contributed by atoms with Crippen LogP contribution in [0.1, 0.15) is 53.4 Å². The van der Waals surface area contributed by atoms with E-state index in [0.29, 0.717) is 16.1 Å². The highest BCUT2D eigenvalue weighted by Crippen LogP contribution is 2.33. The molecule has 0 bridgehead atoms. The minimum absolute atomic E-state index is 0.0429. The molecule has 1 amide bonds. The van der Waals surface area contributed by atoms with Gasteiger partial charge in [0.15, 0.2) is 15.3 Å². The molecule has 3 rings (SSSR count). The summed E-state index contributed by atoms with van der Waals surface area (Å²) in [4.78, 5) is 16.0. The number of nitrogens with zero attached hydrogens (tertiary/aromatic N) is 2. The third-order valence-electron chi connectivity index (χ3n) is 4.92. The van der Waals surface area contributed by atoms with E-state index in [1.807, 2.05) is 29.6 Å². The van der Waals surface area contributed by atoms with Gasteiger partial charge in [-0.05, 0) is 59.8 Å². The van der Waals surface area contributed by atoms with Crippen molar-refractivity contribution in [1.29, 1.82) is 5.26 Å². The Morgan fingerprint density at radius 1 is 1.06 bits per heavy atom. The maximum atomic E-state index is 13.6. The highest BCUT2D eigenvalue weighted by atomic mass is 32.1. The third-order valence-corrected chi connectivity index (χ3v) is 6.58. The number of benzene rings is 2. The van der Waals surface area contributed by atoms with Crippen LogP contribution in [0.25, 0.3) is 0 Å². The molecule has 1 aromatic heterocycles. The van der Waals surface area contributed by atoms with Gasteiger partial charge in [-0.25, -0.2) is 0 Å². The first-order chi connectivity index (χ1) is 14.7. The molecule has 1 atom stereocenters. The van der Waals surface area contributed by atoms with Crippen molar-refractivity contribution in [2.45, 2.75) is 45.5 Å². The topological polar surface area (TPSA) is 53.3 Å². The van der Waals surface area contributed by atoms with E-state index in [1.165, 1.54) is 16.9 Å². The van der Waals surface area contributed by atoms with Crippen LogP contribution in [-0.4, -0.2) is 14.9 Å². The van der Waals surface area contributed by atoms with Gasteiger partial charge in [0, 0.05) is 11.3 Å². The molecule has 0 fully saturated rings. The van der Waals surface area contributed by atoms with E-state index < -0.39 is 15.3 Å². The minimum Gasteiger partial charge on any atom is -0.397 e. The maximum absolute atomic E-state index is 13.6. The molecule has 160 valence electrons. The Morgan fingerprint density at radius 3 is 2.19 bits per heavy atom. The van der Waals surface area contributed by atoms with E-state index >= 15 is 0 Å². The maximum Gasteiger partial charge on any atom is 0.270 e. The molecule has 0 aliphatic rings. The Labute approximate surface area is 190 Å². The zero-order valence-corrected chi connectivity index (χ0v) is 20.6. The van der Waals surface area contributed by atoms with E-state index in [4.69, 9.17) is 4.43 Å². The lowest BCUT2D eigenvalue weighted by Gasteiger charge is -2.34. The first kappa shape index (κ1) is 23.0. The average molecular weight is 449 g/mol. The van der Waals surface area contributed by atoms with Crippen LogP contribution in [0.2, 0.25) is 13.1 Å².